The van der Waals surface area contributed by atoms with Gasteiger partial charge in [-0.05, 0) is 45.3 Å². The summed E-state index contributed by atoms with van der Waals surface area (Å²) in [6.07, 6.45) is 1.75. The van der Waals surface area contributed by atoms with Crippen LogP contribution in [0.25, 0.3) is 11.6 Å². The van der Waals surface area contributed by atoms with Crippen molar-refractivity contribution in [3.63, 3.8) is 0 Å². The number of nitriles is 1. The number of nitrogens with zero attached hydrogens (tertiary/aromatic N) is 1. The van der Waals surface area contributed by atoms with E-state index in [1.807, 2.05) is 30.3 Å². The van der Waals surface area contributed by atoms with E-state index in [9.17, 15) is 10.4 Å². The molecule has 0 amide bonds. The van der Waals surface area contributed by atoms with Gasteiger partial charge in [0.15, 0.2) is 11.5 Å². The van der Waals surface area contributed by atoms with Crippen molar-refractivity contribution in [1.29, 1.82) is 5.26 Å². The summed E-state index contributed by atoms with van der Waals surface area (Å²) in [7, 11) is 1.48. The molecule has 2 aromatic rings. The molecule has 0 spiro atoms. The van der Waals surface area contributed by atoms with Gasteiger partial charge in [0, 0.05) is 0 Å². The second-order valence-electron chi connectivity index (χ2n) is 4.09. The molecule has 4 heteroatoms. The number of ether oxygens (including phenoxy) is 1. The molecule has 0 fully saturated rings. The molecule has 1 N–H and O–H groups in total. The Morgan fingerprint density at radius 1 is 1.30 bits per heavy atom. The maximum Gasteiger partial charge on any atom is 0.172 e. The molecule has 100 valence electrons. The zero-order valence-corrected chi connectivity index (χ0v) is 12.4. The Morgan fingerprint density at radius 2 is 2.00 bits per heavy atom. The summed E-state index contributed by atoms with van der Waals surface area (Å²) >= 11 is 3.26. The molecule has 2 aromatic carbocycles. The monoisotopic (exact) mass is 329 g/mol. The fourth-order valence-corrected chi connectivity index (χ4v) is 2.26. The van der Waals surface area contributed by atoms with Crippen LogP contribution in [0.2, 0.25) is 0 Å². The SMILES string of the molecule is COc1cc(/C=C(/C#N)c2ccccc2)cc(Br)c1O. The number of methoxy groups -OCH3 is 1. The van der Waals surface area contributed by atoms with Crippen LogP contribution in [-0.2, 0) is 0 Å². The summed E-state index contributed by atoms with van der Waals surface area (Å²) in [5.41, 5.74) is 2.16. The van der Waals surface area contributed by atoms with Crippen molar-refractivity contribution >= 4 is 27.6 Å². The highest BCUT2D eigenvalue weighted by Crippen LogP contribution is 2.36. The Balaban J connectivity index is 2.49. The van der Waals surface area contributed by atoms with Crippen molar-refractivity contribution in [3.05, 3.63) is 58.1 Å². The summed E-state index contributed by atoms with van der Waals surface area (Å²) in [6.45, 7) is 0. The molecule has 0 radical (unpaired) electrons. The molecular formula is C16H12BrNO2. The van der Waals surface area contributed by atoms with Crippen LogP contribution in [0, 0.1) is 11.3 Å². The molecule has 0 saturated carbocycles. The summed E-state index contributed by atoms with van der Waals surface area (Å²) in [4.78, 5) is 0. The first-order valence-electron chi connectivity index (χ1n) is 5.89. The second-order valence-corrected chi connectivity index (χ2v) is 4.94. The molecular weight excluding hydrogens is 318 g/mol. The predicted molar refractivity (Wildman–Crippen MR) is 82.3 cm³/mol. The largest absolute Gasteiger partial charge is 0.503 e. The maximum absolute atomic E-state index is 9.77. The number of aromatic hydroxyl groups is 1. The molecule has 2 rings (SSSR count). The molecule has 0 aliphatic rings. The predicted octanol–water partition coefficient (Wildman–Crippen LogP) is 4.23. The van der Waals surface area contributed by atoms with Crippen LogP contribution in [0.3, 0.4) is 0 Å². The zero-order valence-electron chi connectivity index (χ0n) is 10.8. The smallest absolute Gasteiger partial charge is 0.172 e. The van der Waals surface area contributed by atoms with E-state index in [0.717, 1.165) is 11.1 Å². The van der Waals surface area contributed by atoms with Gasteiger partial charge in [-0.3, -0.25) is 0 Å². The average molecular weight is 330 g/mol. The fraction of sp³-hybridized carbons (Fsp3) is 0.0625. The van der Waals surface area contributed by atoms with Gasteiger partial charge in [0.2, 0.25) is 0 Å². The van der Waals surface area contributed by atoms with Gasteiger partial charge in [-0.2, -0.15) is 5.26 Å². The van der Waals surface area contributed by atoms with Crippen molar-refractivity contribution in [2.24, 2.45) is 0 Å². The molecule has 0 saturated heterocycles. The van der Waals surface area contributed by atoms with Crippen molar-refractivity contribution in [2.75, 3.05) is 7.11 Å². The summed E-state index contributed by atoms with van der Waals surface area (Å²) in [5.74, 6) is 0.402. The minimum Gasteiger partial charge on any atom is -0.503 e. The molecule has 0 heterocycles. The third kappa shape index (κ3) is 3.01. The van der Waals surface area contributed by atoms with Crippen molar-refractivity contribution < 1.29 is 9.84 Å². The number of phenolic OH excluding ortho intramolecular Hbond substituents is 1. The first-order valence-corrected chi connectivity index (χ1v) is 6.68. The van der Waals surface area contributed by atoms with Gasteiger partial charge < -0.3 is 9.84 Å². The first kappa shape index (κ1) is 14.2. The molecule has 0 aromatic heterocycles. The van der Waals surface area contributed by atoms with Gasteiger partial charge >= 0.3 is 0 Å². The lowest BCUT2D eigenvalue weighted by Crippen LogP contribution is -1.87. The second kappa shape index (κ2) is 6.27. The van der Waals surface area contributed by atoms with E-state index in [1.165, 1.54) is 7.11 Å². The highest BCUT2D eigenvalue weighted by atomic mass is 79.9. The molecule has 0 aliphatic carbocycles. The number of hydrogen-bond acceptors (Lipinski definition) is 3. The third-order valence-electron chi connectivity index (χ3n) is 2.79. The summed E-state index contributed by atoms with van der Waals surface area (Å²) < 4.78 is 5.62. The highest BCUT2D eigenvalue weighted by molar-refractivity contribution is 9.10. The molecule has 20 heavy (non-hydrogen) atoms. The van der Waals surface area contributed by atoms with E-state index in [4.69, 9.17) is 4.74 Å². The van der Waals surface area contributed by atoms with Crippen LogP contribution in [0.5, 0.6) is 11.5 Å². The third-order valence-corrected chi connectivity index (χ3v) is 3.39. The Hall–Kier alpha value is -2.25. The number of allylic oxidation sites excluding steroid dienone is 1. The minimum absolute atomic E-state index is 0.0443. The molecule has 0 atom stereocenters. The van der Waals surface area contributed by atoms with Gasteiger partial charge in [0.05, 0.1) is 23.2 Å². The van der Waals surface area contributed by atoms with Gasteiger partial charge in [-0.25, -0.2) is 0 Å². The maximum atomic E-state index is 9.77. The van der Waals surface area contributed by atoms with Crippen LogP contribution < -0.4 is 4.74 Å². The Bertz CT molecular complexity index is 688. The summed E-state index contributed by atoms with van der Waals surface area (Å²) in [6, 6.07) is 15.0. The van der Waals surface area contributed by atoms with Crippen LogP contribution in [0.1, 0.15) is 11.1 Å². The Morgan fingerprint density at radius 3 is 2.60 bits per heavy atom. The first-order chi connectivity index (χ1) is 9.65. The normalized spacial score (nSPS) is 10.9. The van der Waals surface area contributed by atoms with Gasteiger partial charge in [0.1, 0.15) is 0 Å². The number of hydrogen-bond donors (Lipinski definition) is 1. The van der Waals surface area contributed by atoms with Crippen LogP contribution >= 0.6 is 15.9 Å². The van der Waals surface area contributed by atoms with E-state index in [1.54, 1.807) is 18.2 Å². The lowest BCUT2D eigenvalue weighted by molar-refractivity contribution is 0.372. The van der Waals surface area contributed by atoms with E-state index in [0.29, 0.717) is 15.8 Å². The molecule has 3 nitrogen and oxygen atoms in total. The number of rotatable bonds is 3. The van der Waals surface area contributed by atoms with Crippen molar-refractivity contribution in [1.82, 2.24) is 0 Å². The van der Waals surface area contributed by atoms with E-state index < -0.39 is 0 Å². The minimum atomic E-state index is 0.0443. The topological polar surface area (TPSA) is 53.2 Å². The molecule has 0 bridgehead atoms. The number of halogens is 1. The standard InChI is InChI=1S/C16H12BrNO2/c1-20-15-9-11(8-14(17)16(15)19)7-13(10-18)12-5-3-2-4-6-12/h2-9,19H,1H3/b13-7-. The van der Waals surface area contributed by atoms with E-state index >= 15 is 0 Å². The van der Waals surface area contributed by atoms with E-state index in [-0.39, 0.29) is 5.75 Å². The lowest BCUT2D eigenvalue weighted by Gasteiger charge is -2.07. The number of benzene rings is 2. The van der Waals surface area contributed by atoms with Crippen LogP contribution in [-0.4, -0.2) is 12.2 Å². The van der Waals surface area contributed by atoms with Gasteiger partial charge in [-0.15, -0.1) is 0 Å². The molecule has 0 aliphatic heterocycles. The lowest BCUT2D eigenvalue weighted by atomic mass is 10.0. The number of phenols is 1. The zero-order chi connectivity index (χ0) is 14.5. The van der Waals surface area contributed by atoms with Crippen LogP contribution in [0.15, 0.2) is 46.9 Å². The average Bonchev–Trinajstić information content (AvgIpc) is 2.49. The molecule has 0 unspecified atom stereocenters. The van der Waals surface area contributed by atoms with Crippen molar-refractivity contribution in [3.8, 4) is 17.6 Å². The highest BCUT2D eigenvalue weighted by Gasteiger charge is 2.08. The van der Waals surface area contributed by atoms with Gasteiger partial charge in [-0.1, -0.05) is 30.3 Å². The quantitative estimate of drug-likeness (QED) is 0.677. The van der Waals surface area contributed by atoms with Crippen LogP contribution in [0.4, 0.5) is 0 Å². The Kier molecular flexibility index (Phi) is 4.44. The summed E-state index contributed by atoms with van der Waals surface area (Å²) in [5, 5.41) is 19.1. The van der Waals surface area contributed by atoms with Crippen molar-refractivity contribution in [2.45, 2.75) is 0 Å². The fourth-order valence-electron chi connectivity index (χ4n) is 1.80. The van der Waals surface area contributed by atoms with E-state index in [2.05, 4.69) is 22.0 Å². The van der Waals surface area contributed by atoms with Gasteiger partial charge in [0.25, 0.3) is 0 Å². The Labute approximate surface area is 125 Å².